The molecule has 3 aromatic rings. The van der Waals surface area contributed by atoms with Gasteiger partial charge in [0.15, 0.2) is 0 Å². The molecule has 2 aromatic carbocycles. The summed E-state index contributed by atoms with van der Waals surface area (Å²) in [5.41, 5.74) is 6.75. The van der Waals surface area contributed by atoms with Crippen LogP contribution in [0.5, 0.6) is 0 Å². The van der Waals surface area contributed by atoms with Crippen molar-refractivity contribution in [3.63, 3.8) is 0 Å². The van der Waals surface area contributed by atoms with E-state index >= 15 is 0 Å². The summed E-state index contributed by atoms with van der Waals surface area (Å²) in [6, 6.07) is 17.2. The molecule has 1 atom stereocenters. The average molecular weight is 282 g/mol. The average Bonchev–Trinajstić information content (AvgIpc) is 2.93. The van der Waals surface area contributed by atoms with E-state index in [0.29, 0.717) is 0 Å². The molecule has 20 heavy (non-hydrogen) atoms. The van der Waals surface area contributed by atoms with Crippen molar-refractivity contribution in [1.82, 2.24) is 5.43 Å². The molecular weight excluding hydrogens is 264 g/mol. The van der Waals surface area contributed by atoms with Crippen LogP contribution in [0, 0.1) is 0 Å². The SMILES string of the molecule is CCc1ccc(C(NN)c2csc3ccccc23)cc1. The minimum Gasteiger partial charge on any atom is -0.271 e. The van der Waals surface area contributed by atoms with Crippen LogP contribution >= 0.6 is 11.3 Å². The topological polar surface area (TPSA) is 38.0 Å². The monoisotopic (exact) mass is 282 g/mol. The lowest BCUT2D eigenvalue weighted by Crippen LogP contribution is -2.28. The number of nitrogens with one attached hydrogen (secondary N) is 1. The molecule has 0 aliphatic heterocycles. The fourth-order valence-electron chi connectivity index (χ4n) is 2.53. The van der Waals surface area contributed by atoms with Gasteiger partial charge in [0.1, 0.15) is 0 Å². The lowest BCUT2D eigenvalue weighted by Gasteiger charge is -2.16. The van der Waals surface area contributed by atoms with Crippen molar-refractivity contribution in [3.05, 3.63) is 70.6 Å². The Hall–Kier alpha value is -1.68. The van der Waals surface area contributed by atoms with Gasteiger partial charge >= 0.3 is 0 Å². The molecule has 0 aliphatic carbocycles. The second-order valence-corrected chi connectivity index (χ2v) is 5.79. The Balaban J connectivity index is 2.04. The lowest BCUT2D eigenvalue weighted by atomic mass is 9.97. The fraction of sp³-hybridized carbons (Fsp3) is 0.176. The molecule has 0 saturated heterocycles. The molecule has 0 amide bonds. The number of hydrogen-bond acceptors (Lipinski definition) is 3. The van der Waals surface area contributed by atoms with E-state index in [4.69, 9.17) is 5.84 Å². The van der Waals surface area contributed by atoms with Gasteiger partial charge in [-0.3, -0.25) is 5.84 Å². The first-order valence-electron chi connectivity index (χ1n) is 6.84. The molecule has 0 radical (unpaired) electrons. The maximum atomic E-state index is 5.81. The summed E-state index contributed by atoms with van der Waals surface area (Å²) < 4.78 is 1.30. The molecule has 0 bridgehead atoms. The third kappa shape index (κ3) is 2.36. The molecule has 3 N–H and O–H groups in total. The van der Waals surface area contributed by atoms with Crippen molar-refractivity contribution >= 4 is 21.4 Å². The number of rotatable bonds is 4. The maximum absolute atomic E-state index is 5.81. The largest absolute Gasteiger partial charge is 0.271 e. The van der Waals surface area contributed by atoms with Crippen LogP contribution in [0.1, 0.15) is 29.7 Å². The Morgan fingerprint density at radius 1 is 1.10 bits per heavy atom. The van der Waals surface area contributed by atoms with Crippen LogP contribution in [0.15, 0.2) is 53.9 Å². The highest BCUT2D eigenvalue weighted by molar-refractivity contribution is 7.17. The number of hydrogen-bond donors (Lipinski definition) is 2. The third-order valence-electron chi connectivity index (χ3n) is 3.71. The maximum Gasteiger partial charge on any atom is 0.0724 e. The number of thiophene rings is 1. The summed E-state index contributed by atoms with van der Waals surface area (Å²) in [5, 5.41) is 3.48. The number of benzene rings is 2. The highest BCUT2D eigenvalue weighted by Gasteiger charge is 2.16. The molecule has 0 saturated carbocycles. The molecule has 102 valence electrons. The third-order valence-corrected chi connectivity index (χ3v) is 4.69. The van der Waals surface area contributed by atoms with Gasteiger partial charge in [-0.2, -0.15) is 0 Å². The predicted octanol–water partition coefficient (Wildman–Crippen LogP) is 4.02. The van der Waals surface area contributed by atoms with Gasteiger partial charge in [-0.15, -0.1) is 11.3 Å². The zero-order valence-electron chi connectivity index (χ0n) is 11.5. The Morgan fingerprint density at radius 2 is 1.85 bits per heavy atom. The second kappa shape index (κ2) is 5.75. The minimum atomic E-state index is 0.0389. The fourth-order valence-corrected chi connectivity index (χ4v) is 3.52. The van der Waals surface area contributed by atoms with Gasteiger partial charge < -0.3 is 0 Å². The summed E-state index contributed by atoms with van der Waals surface area (Å²) in [6.07, 6.45) is 1.06. The minimum absolute atomic E-state index is 0.0389. The van der Waals surface area contributed by atoms with Crippen LogP contribution in [0.25, 0.3) is 10.1 Å². The van der Waals surface area contributed by atoms with Gasteiger partial charge in [-0.25, -0.2) is 5.43 Å². The Labute approximate surface area is 123 Å². The van der Waals surface area contributed by atoms with Gasteiger partial charge in [-0.05, 0) is 39.9 Å². The van der Waals surface area contributed by atoms with E-state index in [-0.39, 0.29) is 6.04 Å². The molecule has 0 aliphatic rings. The van der Waals surface area contributed by atoms with Crippen LogP contribution in [0.2, 0.25) is 0 Å². The van der Waals surface area contributed by atoms with E-state index in [1.807, 2.05) is 0 Å². The van der Waals surface area contributed by atoms with E-state index in [2.05, 4.69) is 66.3 Å². The van der Waals surface area contributed by atoms with E-state index in [0.717, 1.165) is 6.42 Å². The van der Waals surface area contributed by atoms with Crippen molar-refractivity contribution in [2.24, 2.45) is 5.84 Å². The molecule has 1 aromatic heterocycles. The van der Waals surface area contributed by atoms with Crippen LogP contribution < -0.4 is 11.3 Å². The molecule has 1 unspecified atom stereocenters. The van der Waals surface area contributed by atoms with Gasteiger partial charge in [-0.1, -0.05) is 49.4 Å². The van der Waals surface area contributed by atoms with E-state index in [1.165, 1.54) is 26.8 Å². The first-order chi connectivity index (χ1) is 9.83. The molecule has 0 spiro atoms. The molecular formula is C17H18N2S. The van der Waals surface area contributed by atoms with Crippen molar-refractivity contribution in [2.75, 3.05) is 0 Å². The standard InChI is InChI=1S/C17H18N2S/c1-2-12-7-9-13(10-8-12)17(19-18)15-11-20-16-6-4-3-5-14(15)16/h3-11,17,19H,2,18H2,1H3. The molecule has 3 rings (SSSR count). The van der Waals surface area contributed by atoms with E-state index < -0.39 is 0 Å². The first kappa shape index (κ1) is 13.3. The summed E-state index contributed by atoms with van der Waals surface area (Å²) in [6.45, 7) is 2.17. The van der Waals surface area contributed by atoms with Crippen LogP contribution in [-0.4, -0.2) is 0 Å². The summed E-state index contributed by atoms with van der Waals surface area (Å²) in [4.78, 5) is 0. The van der Waals surface area contributed by atoms with Crippen LogP contribution in [0.4, 0.5) is 0 Å². The van der Waals surface area contributed by atoms with Crippen molar-refractivity contribution < 1.29 is 0 Å². The normalized spacial score (nSPS) is 12.7. The quantitative estimate of drug-likeness (QED) is 0.560. The Morgan fingerprint density at radius 3 is 2.55 bits per heavy atom. The van der Waals surface area contributed by atoms with Gasteiger partial charge in [0.25, 0.3) is 0 Å². The van der Waals surface area contributed by atoms with Crippen molar-refractivity contribution in [3.8, 4) is 0 Å². The summed E-state index contributed by atoms with van der Waals surface area (Å²) in [5.74, 6) is 5.81. The number of fused-ring (bicyclic) bond motifs is 1. The van der Waals surface area contributed by atoms with Gasteiger partial charge in [0.05, 0.1) is 6.04 Å². The second-order valence-electron chi connectivity index (χ2n) is 4.88. The number of nitrogens with two attached hydrogens (primary N) is 1. The molecule has 0 fully saturated rings. The predicted molar refractivity (Wildman–Crippen MR) is 86.8 cm³/mol. The summed E-state index contributed by atoms with van der Waals surface area (Å²) in [7, 11) is 0. The first-order valence-corrected chi connectivity index (χ1v) is 7.72. The van der Waals surface area contributed by atoms with Crippen molar-refractivity contribution in [1.29, 1.82) is 0 Å². The highest BCUT2D eigenvalue weighted by atomic mass is 32.1. The number of hydrazine groups is 1. The highest BCUT2D eigenvalue weighted by Crippen LogP contribution is 2.33. The van der Waals surface area contributed by atoms with Gasteiger partial charge in [0.2, 0.25) is 0 Å². The Kier molecular flexibility index (Phi) is 3.83. The smallest absolute Gasteiger partial charge is 0.0724 e. The van der Waals surface area contributed by atoms with E-state index in [9.17, 15) is 0 Å². The van der Waals surface area contributed by atoms with Crippen molar-refractivity contribution in [2.45, 2.75) is 19.4 Å². The zero-order chi connectivity index (χ0) is 13.9. The lowest BCUT2D eigenvalue weighted by molar-refractivity contribution is 0.642. The van der Waals surface area contributed by atoms with Crippen LogP contribution in [0.3, 0.4) is 0 Å². The zero-order valence-corrected chi connectivity index (χ0v) is 12.3. The van der Waals surface area contributed by atoms with Crippen LogP contribution in [-0.2, 0) is 6.42 Å². The Bertz CT molecular complexity index is 700. The van der Waals surface area contributed by atoms with E-state index in [1.54, 1.807) is 11.3 Å². The molecule has 2 nitrogen and oxygen atoms in total. The molecule has 3 heteroatoms. The van der Waals surface area contributed by atoms with Gasteiger partial charge in [0, 0.05) is 4.70 Å². The summed E-state index contributed by atoms with van der Waals surface area (Å²) >= 11 is 1.76. The number of aryl methyl sites for hydroxylation is 1. The molecule has 1 heterocycles.